The number of hydrogen-bond acceptors (Lipinski definition) is 4. The van der Waals surface area contributed by atoms with Gasteiger partial charge in [0.15, 0.2) is 0 Å². The highest BCUT2D eigenvalue weighted by molar-refractivity contribution is 6.31. The Morgan fingerprint density at radius 1 is 1.27 bits per heavy atom. The van der Waals surface area contributed by atoms with Crippen molar-refractivity contribution >= 4 is 17.5 Å². The summed E-state index contributed by atoms with van der Waals surface area (Å²) in [5, 5.41) is 9.51. The van der Waals surface area contributed by atoms with Gasteiger partial charge in [-0.25, -0.2) is 4.68 Å². The molecule has 26 heavy (non-hydrogen) atoms. The predicted molar refractivity (Wildman–Crippen MR) is 101 cm³/mol. The third-order valence-electron chi connectivity index (χ3n) is 4.69. The second kappa shape index (κ2) is 8.05. The summed E-state index contributed by atoms with van der Waals surface area (Å²) < 4.78 is 3.50. The van der Waals surface area contributed by atoms with Crippen LogP contribution >= 0.6 is 11.6 Å². The molecule has 1 amide bonds. The van der Waals surface area contributed by atoms with Crippen LogP contribution in [0, 0.1) is 13.8 Å². The zero-order valence-electron chi connectivity index (χ0n) is 15.4. The molecule has 1 fully saturated rings. The van der Waals surface area contributed by atoms with Crippen molar-refractivity contribution in [3.05, 3.63) is 47.0 Å². The lowest BCUT2D eigenvalue weighted by molar-refractivity contribution is 0.0755. The monoisotopic (exact) mass is 376 g/mol. The third kappa shape index (κ3) is 3.99. The van der Waals surface area contributed by atoms with Gasteiger partial charge >= 0.3 is 0 Å². The number of amides is 1. The van der Waals surface area contributed by atoms with Crippen molar-refractivity contribution in [1.29, 1.82) is 0 Å². The van der Waals surface area contributed by atoms with E-state index in [1.54, 1.807) is 21.6 Å². The highest BCUT2D eigenvalue weighted by atomic mass is 35.5. The van der Waals surface area contributed by atoms with E-state index >= 15 is 0 Å². The smallest absolute Gasteiger partial charge is 0.274 e. The second-order valence-corrected chi connectivity index (χ2v) is 6.98. The van der Waals surface area contributed by atoms with Gasteiger partial charge in [-0.3, -0.25) is 14.4 Å². The Balaban J connectivity index is 1.66. The molecule has 0 radical (unpaired) electrons. The molecule has 0 bridgehead atoms. The van der Waals surface area contributed by atoms with Crippen LogP contribution in [0.3, 0.4) is 0 Å². The molecule has 0 saturated carbocycles. The number of nitrogens with zero attached hydrogens (tertiary/aromatic N) is 6. The summed E-state index contributed by atoms with van der Waals surface area (Å²) >= 11 is 6.19. The number of aromatic nitrogens is 4. The van der Waals surface area contributed by atoms with Crippen LogP contribution in [0.25, 0.3) is 0 Å². The summed E-state index contributed by atoms with van der Waals surface area (Å²) in [5.41, 5.74) is 2.15. The molecule has 2 aromatic heterocycles. The maximum absolute atomic E-state index is 12.8. The van der Waals surface area contributed by atoms with E-state index in [0.29, 0.717) is 23.9 Å². The number of hydrogen-bond donors (Lipinski definition) is 0. The lowest BCUT2D eigenvalue weighted by Crippen LogP contribution is -2.35. The molecular formula is C18H25ClN6O. The van der Waals surface area contributed by atoms with E-state index in [0.717, 1.165) is 44.0 Å². The minimum Gasteiger partial charge on any atom is -0.336 e. The molecule has 0 N–H and O–H groups in total. The van der Waals surface area contributed by atoms with Gasteiger partial charge < -0.3 is 4.90 Å². The third-order valence-corrected chi connectivity index (χ3v) is 5.24. The van der Waals surface area contributed by atoms with Crippen molar-refractivity contribution in [3.8, 4) is 0 Å². The van der Waals surface area contributed by atoms with Crippen LogP contribution in [-0.2, 0) is 6.67 Å². The minimum atomic E-state index is -0.0180. The topological polar surface area (TPSA) is 59.2 Å². The number of aryl methyl sites for hydroxylation is 1. The molecule has 2 aromatic rings. The SMILES string of the molecule is C=CCN1CCCN(C(=O)c2ccn(Cn3nc(C)c(Cl)c3C)n2)CC1. The standard InChI is InChI=1S/C18H25ClN6O/c1-4-7-22-8-5-9-23(12-11-22)18(26)16-6-10-24(21-16)13-25-15(3)17(19)14(2)20-25/h4,6,10H,1,5,7-9,11-13H2,2-3H3. The van der Waals surface area contributed by atoms with Crippen LogP contribution in [-0.4, -0.2) is 68.0 Å². The Morgan fingerprint density at radius 3 is 2.77 bits per heavy atom. The molecule has 0 aromatic carbocycles. The highest BCUT2D eigenvalue weighted by Crippen LogP contribution is 2.18. The van der Waals surface area contributed by atoms with E-state index in [-0.39, 0.29) is 5.91 Å². The molecule has 0 unspecified atom stereocenters. The first-order chi connectivity index (χ1) is 12.5. The summed E-state index contributed by atoms with van der Waals surface area (Å²) in [7, 11) is 0. The maximum atomic E-state index is 12.8. The van der Waals surface area contributed by atoms with Gasteiger partial charge in [-0.1, -0.05) is 17.7 Å². The molecule has 0 aliphatic carbocycles. The summed E-state index contributed by atoms with van der Waals surface area (Å²) in [6, 6.07) is 1.77. The molecule has 3 rings (SSSR count). The first kappa shape index (κ1) is 18.7. The molecular weight excluding hydrogens is 352 g/mol. The largest absolute Gasteiger partial charge is 0.336 e. The highest BCUT2D eigenvalue weighted by Gasteiger charge is 2.21. The second-order valence-electron chi connectivity index (χ2n) is 6.60. The molecule has 1 aliphatic heterocycles. The Kier molecular flexibility index (Phi) is 5.78. The van der Waals surface area contributed by atoms with Gasteiger partial charge in [-0.2, -0.15) is 10.2 Å². The van der Waals surface area contributed by atoms with Gasteiger partial charge in [0.2, 0.25) is 0 Å². The zero-order valence-corrected chi connectivity index (χ0v) is 16.1. The maximum Gasteiger partial charge on any atom is 0.274 e. The van der Waals surface area contributed by atoms with E-state index in [1.807, 2.05) is 24.8 Å². The molecule has 1 aliphatic rings. The minimum absolute atomic E-state index is 0.0180. The van der Waals surface area contributed by atoms with Gasteiger partial charge in [-0.05, 0) is 26.3 Å². The van der Waals surface area contributed by atoms with Gasteiger partial charge in [0.05, 0.1) is 16.4 Å². The summed E-state index contributed by atoms with van der Waals surface area (Å²) in [6.07, 6.45) is 4.67. The summed E-state index contributed by atoms with van der Waals surface area (Å²) in [5.74, 6) is -0.0180. The van der Waals surface area contributed by atoms with Crippen molar-refractivity contribution in [3.63, 3.8) is 0 Å². The fourth-order valence-electron chi connectivity index (χ4n) is 3.21. The average Bonchev–Trinajstić information content (AvgIpc) is 3.08. The fourth-order valence-corrected chi connectivity index (χ4v) is 3.34. The summed E-state index contributed by atoms with van der Waals surface area (Å²) in [6.45, 7) is 12.2. The summed E-state index contributed by atoms with van der Waals surface area (Å²) in [4.78, 5) is 17.0. The molecule has 0 atom stereocenters. The van der Waals surface area contributed by atoms with Gasteiger partial charge in [0, 0.05) is 38.9 Å². The molecule has 3 heterocycles. The van der Waals surface area contributed by atoms with Crippen LogP contribution in [0.5, 0.6) is 0 Å². The van der Waals surface area contributed by atoms with Crippen molar-refractivity contribution in [2.24, 2.45) is 0 Å². The molecule has 140 valence electrons. The lowest BCUT2D eigenvalue weighted by Gasteiger charge is -2.20. The van der Waals surface area contributed by atoms with Crippen molar-refractivity contribution in [1.82, 2.24) is 29.4 Å². The molecule has 8 heteroatoms. The van der Waals surface area contributed by atoms with Gasteiger partial charge in [0.25, 0.3) is 5.91 Å². The Labute approximate surface area is 158 Å². The van der Waals surface area contributed by atoms with Crippen molar-refractivity contribution < 1.29 is 4.79 Å². The van der Waals surface area contributed by atoms with Crippen LogP contribution in [0.2, 0.25) is 5.02 Å². The lowest BCUT2D eigenvalue weighted by atomic mass is 10.3. The van der Waals surface area contributed by atoms with Crippen LogP contribution in [0.4, 0.5) is 0 Å². The fraction of sp³-hybridized carbons (Fsp3) is 0.500. The average molecular weight is 377 g/mol. The first-order valence-corrected chi connectivity index (χ1v) is 9.23. The van der Waals surface area contributed by atoms with E-state index in [2.05, 4.69) is 21.7 Å². The van der Waals surface area contributed by atoms with Crippen molar-refractivity contribution in [2.75, 3.05) is 32.7 Å². The normalized spacial score (nSPS) is 15.9. The Bertz CT molecular complexity index is 796. The van der Waals surface area contributed by atoms with E-state index in [9.17, 15) is 4.79 Å². The van der Waals surface area contributed by atoms with Crippen LogP contribution < -0.4 is 0 Å². The van der Waals surface area contributed by atoms with E-state index < -0.39 is 0 Å². The van der Waals surface area contributed by atoms with Gasteiger partial charge in [0.1, 0.15) is 12.4 Å². The molecule has 0 spiro atoms. The quantitative estimate of drug-likeness (QED) is 0.750. The first-order valence-electron chi connectivity index (χ1n) is 8.85. The number of rotatable bonds is 5. The van der Waals surface area contributed by atoms with Crippen LogP contribution in [0.1, 0.15) is 28.3 Å². The van der Waals surface area contributed by atoms with E-state index in [4.69, 9.17) is 11.6 Å². The molecule has 7 nitrogen and oxygen atoms in total. The van der Waals surface area contributed by atoms with Crippen LogP contribution in [0.15, 0.2) is 24.9 Å². The number of carbonyl (C=O) groups is 1. The predicted octanol–water partition coefficient (Wildman–Crippen LogP) is 2.19. The number of halogens is 1. The molecule has 1 saturated heterocycles. The Morgan fingerprint density at radius 2 is 2.08 bits per heavy atom. The van der Waals surface area contributed by atoms with Gasteiger partial charge in [-0.15, -0.1) is 6.58 Å². The van der Waals surface area contributed by atoms with Crippen molar-refractivity contribution in [2.45, 2.75) is 26.9 Å². The zero-order chi connectivity index (χ0) is 18.7. The number of carbonyl (C=O) groups excluding carboxylic acids is 1. The van der Waals surface area contributed by atoms with E-state index in [1.165, 1.54) is 0 Å². The Hall–Kier alpha value is -2.12.